The topological polar surface area (TPSA) is 40.6 Å². The summed E-state index contributed by atoms with van der Waals surface area (Å²) < 4.78 is 18.7. The van der Waals surface area contributed by atoms with Crippen molar-refractivity contribution in [3.63, 3.8) is 0 Å². The predicted octanol–water partition coefficient (Wildman–Crippen LogP) is 6.92. The van der Waals surface area contributed by atoms with Crippen molar-refractivity contribution in [2.24, 2.45) is 0 Å². The van der Waals surface area contributed by atoms with Crippen LogP contribution >= 0.6 is 24.0 Å². The maximum atomic E-state index is 6.40. The molecule has 0 aliphatic heterocycles. The highest BCUT2D eigenvalue weighted by Crippen LogP contribution is 2.50. The minimum absolute atomic E-state index is 0.00128. The van der Waals surface area contributed by atoms with Crippen LogP contribution in [-0.4, -0.2) is 37.2 Å². The van der Waals surface area contributed by atoms with E-state index in [9.17, 15) is 0 Å². The lowest BCUT2D eigenvalue weighted by Gasteiger charge is -2.45. The Balaban J connectivity index is 1.78. The third-order valence-corrected chi connectivity index (χ3v) is 12.4. The maximum absolute atomic E-state index is 6.40. The van der Waals surface area contributed by atoms with Crippen molar-refractivity contribution in [2.45, 2.75) is 69.9 Å². The van der Waals surface area contributed by atoms with E-state index in [1.165, 1.54) is 22.9 Å². The van der Waals surface area contributed by atoms with Gasteiger partial charge in [0.2, 0.25) is 4.38 Å². The molecule has 1 fully saturated rings. The normalized spacial score (nSPS) is 21.0. The Morgan fingerprint density at radius 1 is 1.16 bits per heavy atom. The van der Waals surface area contributed by atoms with Crippen LogP contribution in [0.1, 0.15) is 55.8 Å². The van der Waals surface area contributed by atoms with E-state index in [1.54, 1.807) is 7.11 Å². The Morgan fingerprint density at radius 3 is 2.47 bits per heavy atom. The van der Waals surface area contributed by atoms with Gasteiger partial charge in [-0.15, -0.1) is 0 Å². The summed E-state index contributed by atoms with van der Waals surface area (Å²) in [6.07, 6.45) is 4.85. The molecule has 3 rings (SSSR count). The van der Waals surface area contributed by atoms with Gasteiger partial charge in [0.1, 0.15) is 11.9 Å². The molecular weight excluding hydrogens is 454 g/mol. The summed E-state index contributed by atoms with van der Waals surface area (Å²) in [5.74, 6) is 1.41. The molecule has 0 N–H and O–H groups in total. The van der Waals surface area contributed by atoms with Crippen LogP contribution in [0, 0.1) is 0 Å². The number of aromatic nitrogens is 1. The number of methoxy groups -OCH3 is 1. The molecule has 0 amide bonds. The minimum Gasteiger partial charge on any atom is -0.497 e. The van der Waals surface area contributed by atoms with Crippen LogP contribution in [0.5, 0.6) is 5.75 Å². The second-order valence-corrected chi connectivity index (χ2v) is 16.1. The number of hydrogen-bond acceptors (Lipinski definition) is 6. The van der Waals surface area contributed by atoms with Crippen molar-refractivity contribution in [3.8, 4) is 5.75 Å². The zero-order valence-electron chi connectivity index (χ0n) is 20.2. The van der Waals surface area contributed by atoms with Gasteiger partial charge in [0.25, 0.3) is 0 Å². The molecule has 0 bridgehead atoms. The number of pyridine rings is 1. The van der Waals surface area contributed by atoms with E-state index in [0.717, 1.165) is 17.9 Å². The lowest BCUT2D eigenvalue weighted by Crippen LogP contribution is -2.41. The van der Waals surface area contributed by atoms with Crippen LogP contribution < -0.4 is 4.74 Å². The van der Waals surface area contributed by atoms with Crippen molar-refractivity contribution in [1.82, 2.24) is 4.98 Å². The molecular formula is C25H35NO3S2Si. The first-order valence-electron chi connectivity index (χ1n) is 11.0. The largest absolute Gasteiger partial charge is 0.497 e. The first-order chi connectivity index (χ1) is 15.1. The van der Waals surface area contributed by atoms with Gasteiger partial charge in [-0.2, -0.15) is 0 Å². The first-order valence-corrected chi connectivity index (χ1v) is 15.6. The summed E-state index contributed by atoms with van der Waals surface area (Å²) in [6.45, 7) is 11.9. The van der Waals surface area contributed by atoms with Crippen molar-refractivity contribution in [2.75, 3.05) is 13.4 Å². The second-order valence-electron chi connectivity index (χ2n) is 9.89. The van der Waals surface area contributed by atoms with Crippen LogP contribution in [-0.2, 0) is 15.8 Å². The number of hydrogen-bond donors (Lipinski definition) is 0. The molecule has 1 saturated carbocycles. The van der Waals surface area contributed by atoms with Gasteiger partial charge >= 0.3 is 0 Å². The number of benzene rings is 1. The molecule has 4 nitrogen and oxygen atoms in total. The molecule has 7 heteroatoms. The lowest BCUT2D eigenvalue weighted by atomic mass is 9.66. The Kier molecular flexibility index (Phi) is 8.07. The van der Waals surface area contributed by atoms with Gasteiger partial charge in [-0.05, 0) is 78.4 Å². The van der Waals surface area contributed by atoms with Crippen molar-refractivity contribution >= 4 is 36.7 Å². The first kappa shape index (κ1) is 25.2. The number of thiocarbonyl (C=S) groups is 1. The van der Waals surface area contributed by atoms with E-state index in [-0.39, 0.29) is 23.0 Å². The zero-order valence-corrected chi connectivity index (χ0v) is 22.8. The van der Waals surface area contributed by atoms with E-state index in [2.05, 4.69) is 63.1 Å². The average molecular weight is 490 g/mol. The molecule has 3 unspecified atom stereocenters. The molecule has 0 saturated heterocycles. The molecule has 1 aliphatic carbocycles. The summed E-state index contributed by atoms with van der Waals surface area (Å²) in [5, 5.41) is 0.176. The average Bonchev–Trinajstić information content (AvgIpc) is 2.75. The highest BCUT2D eigenvalue weighted by atomic mass is 32.2. The predicted molar refractivity (Wildman–Crippen MR) is 140 cm³/mol. The molecule has 1 heterocycles. The summed E-state index contributed by atoms with van der Waals surface area (Å²) in [6, 6.07) is 12.5. The van der Waals surface area contributed by atoms with Crippen LogP contribution in [0.3, 0.4) is 0 Å². The highest BCUT2D eigenvalue weighted by Gasteiger charge is 2.45. The molecule has 1 aromatic carbocycles. The summed E-state index contributed by atoms with van der Waals surface area (Å²) in [4.78, 5) is 4.58. The van der Waals surface area contributed by atoms with Gasteiger partial charge in [-0.25, -0.2) is 0 Å². The van der Waals surface area contributed by atoms with E-state index in [1.807, 2.05) is 24.6 Å². The monoisotopic (exact) mass is 489 g/mol. The van der Waals surface area contributed by atoms with Gasteiger partial charge in [0.15, 0.2) is 8.32 Å². The van der Waals surface area contributed by atoms with E-state index >= 15 is 0 Å². The number of ether oxygens (including phenoxy) is 2. The number of thioether (sulfide) groups is 1. The minimum atomic E-state index is -1.83. The molecule has 32 heavy (non-hydrogen) atoms. The third kappa shape index (κ3) is 5.74. The third-order valence-electron chi connectivity index (χ3n) is 6.88. The van der Waals surface area contributed by atoms with E-state index in [4.69, 9.17) is 26.1 Å². The number of rotatable bonds is 7. The SMILES string of the molecule is COc1cccc(C2CC(c3ccnc(CO[Si](C)(C)C(C)(C)C)c3)C2OC(=S)SC)c1. The van der Waals surface area contributed by atoms with Gasteiger partial charge in [0.05, 0.1) is 19.4 Å². The second kappa shape index (κ2) is 10.2. The fourth-order valence-electron chi connectivity index (χ4n) is 3.75. The zero-order chi connectivity index (χ0) is 23.5. The standard InChI is InChI=1S/C25H35NO3S2Si/c1-25(2,3)32(6,7)28-16-19-13-18(11-12-26-19)22-15-21(23(22)29-24(30)31-5)17-9-8-10-20(14-17)27-4/h8-14,21-23H,15-16H2,1-7H3. The fourth-order valence-corrected chi connectivity index (χ4v) is 5.01. The van der Waals surface area contributed by atoms with Crippen LogP contribution in [0.15, 0.2) is 42.6 Å². The van der Waals surface area contributed by atoms with E-state index < -0.39 is 8.32 Å². The molecule has 1 aliphatic rings. The Hall–Kier alpha value is -1.41. The van der Waals surface area contributed by atoms with Crippen LogP contribution in [0.2, 0.25) is 18.1 Å². The van der Waals surface area contributed by atoms with Gasteiger partial charge < -0.3 is 13.9 Å². The molecule has 1 aromatic heterocycles. The Bertz CT molecular complexity index is 945. The molecule has 0 spiro atoms. The highest BCUT2D eigenvalue weighted by molar-refractivity contribution is 8.22. The van der Waals surface area contributed by atoms with Crippen molar-refractivity contribution < 1.29 is 13.9 Å². The van der Waals surface area contributed by atoms with Crippen LogP contribution in [0.25, 0.3) is 0 Å². The quantitative estimate of drug-likeness (QED) is 0.311. The molecule has 3 atom stereocenters. The maximum Gasteiger partial charge on any atom is 0.220 e. The summed E-state index contributed by atoms with van der Waals surface area (Å²) >= 11 is 6.90. The van der Waals surface area contributed by atoms with Crippen molar-refractivity contribution in [1.29, 1.82) is 0 Å². The number of nitrogens with zero attached hydrogens (tertiary/aromatic N) is 1. The smallest absolute Gasteiger partial charge is 0.220 e. The van der Waals surface area contributed by atoms with Gasteiger partial charge in [-0.3, -0.25) is 4.98 Å². The molecule has 0 radical (unpaired) electrons. The van der Waals surface area contributed by atoms with Crippen LogP contribution in [0.4, 0.5) is 0 Å². The van der Waals surface area contributed by atoms with E-state index in [0.29, 0.717) is 11.0 Å². The Morgan fingerprint density at radius 2 is 1.84 bits per heavy atom. The fraction of sp³-hybridized carbons (Fsp3) is 0.520. The molecule has 174 valence electrons. The molecule has 2 aromatic rings. The van der Waals surface area contributed by atoms with Gasteiger partial charge in [-0.1, -0.05) is 44.7 Å². The Labute approximate surface area is 203 Å². The van der Waals surface area contributed by atoms with Gasteiger partial charge in [0, 0.05) is 18.0 Å². The lowest BCUT2D eigenvalue weighted by molar-refractivity contribution is 0.0571. The summed E-state index contributed by atoms with van der Waals surface area (Å²) in [5.41, 5.74) is 3.44. The summed E-state index contributed by atoms with van der Waals surface area (Å²) in [7, 11) is -0.129. The van der Waals surface area contributed by atoms with Crippen molar-refractivity contribution in [3.05, 3.63) is 59.4 Å².